The van der Waals surface area contributed by atoms with Crippen LogP contribution in [0.2, 0.25) is 0 Å². The van der Waals surface area contributed by atoms with E-state index in [1.165, 1.54) is 64.2 Å². The highest BCUT2D eigenvalue weighted by Gasteiger charge is 2.51. The molecule has 0 heterocycles. The molecule has 2 heteroatoms. The fourth-order valence-corrected chi connectivity index (χ4v) is 6.07. The number of rotatable bonds is 6. The topological polar surface area (TPSA) is 26.3 Å². The summed E-state index contributed by atoms with van der Waals surface area (Å²) in [6.45, 7) is 5.01. The van der Waals surface area contributed by atoms with Crippen molar-refractivity contribution in [1.29, 1.82) is 0 Å². The third-order valence-corrected chi connectivity index (χ3v) is 7.61. The minimum atomic E-state index is 0.0806. The molecule has 4 saturated carbocycles. The summed E-state index contributed by atoms with van der Waals surface area (Å²) >= 11 is 0. The largest absolute Gasteiger partial charge is 0.465 e. The van der Waals surface area contributed by atoms with Crippen LogP contribution in [0.4, 0.5) is 0 Å². The van der Waals surface area contributed by atoms with Crippen molar-refractivity contribution in [3.05, 3.63) is 0 Å². The summed E-state index contributed by atoms with van der Waals surface area (Å²) in [6.07, 6.45) is 17.3. The molecule has 2 nitrogen and oxygen atoms in total. The maximum Gasteiger partial charge on any atom is 0.308 e. The third kappa shape index (κ3) is 3.46. The molecule has 0 saturated heterocycles. The molecule has 0 aromatic heterocycles. The molecular formula is C21H36O2. The van der Waals surface area contributed by atoms with Crippen LogP contribution < -0.4 is 0 Å². The molecule has 2 bridgehead atoms. The van der Waals surface area contributed by atoms with E-state index in [1.807, 2.05) is 0 Å². The first-order chi connectivity index (χ1) is 11.1. The van der Waals surface area contributed by atoms with Crippen LogP contribution >= 0.6 is 0 Å². The Morgan fingerprint density at radius 1 is 0.913 bits per heavy atom. The van der Waals surface area contributed by atoms with Crippen LogP contribution in [0.5, 0.6) is 0 Å². The second-order valence-corrected chi connectivity index (χ2v) is 8.83. The average Bonchev–Trinajstić information content (AvgIpc) is 2.61. The van der Waals surface area contributed by atoms with Gasteiger partial charge in [0.25, 0.3) is 0 Å². The van der Waals surface area contributed by atoms with E-state index in [0.29, 0.717) is 12.0 Å². The molecule has 0 atom stereocenters. The van der Waals surface area contributed by atoms with E-state index in [9.17, 15) is 4.79 Å². The Balaban J connectivity index is 1.52. The predicted octanol–water partition coefficient (Wildman–Crippen LogP) is 5.89. The van der Waals surface area contributed by atoms with E-state index < -0.39 is 0 Å². The fraction of sp³-hybridized carbons (Fsp3) is 0.952. The van der Waals surface area contributed by atoms with E-state index in [1.54, 1.807) is 0 Å². The Hall–Kier alpha value is -0.530. The van der Waals surface area contributed by atoms with Crippen molar-refractivity contribution < 1.29 is 9.53 Å². The van der Waals surface area contributed by atoms with Gasteiger partial charge in [-0.2, -0.15) is 0 Å². The SMILES string of the molecule is CCCOC(=O)C1CCC(C23CCC(CCC)(CC2)CC3)CC1. The zero-order valence-corrected chi connectivity index (χ0v) is 15.4. The first kappa shape index (κ1) is 17.3. The van der Waals surface area contributed by atoms with Crippen molar-refractivity contribution in [1.82, 2.24) is 0 Å². The molecule has 4 aliphatic rings. The second kappa shape index (κ2) is 7.15. The highest BCUT2D eigenvalue weighted by molar-refractivity contribution is 5.72. The van der Waals surface area contributed by atoms with Crippen molar-refractivity contribution in [3.63, 3.8) is 0 Å². The zero-order chi connectivity index (χ0) is 16.3. The lowest BCUT2D eigenvalue weighted by Gasteiger charge is -2.57. The molecule has 132 valence electrons. The molecule has 0 aliphatic heterocycles. The second-order valence-electron chi connectivity index (χ2n) is 8.83. The van der Waals surface area contributed by atoms with Gasteiger partial charge in [0.2, 0.25) is 0 Å². The summed E-state index contributed by atoms with van der Waals surface area (Å²) in [4.78, 5) is 12.1. The van der Waals surface area contributed by atoms with Crippen LogP contribution in [-0.2, 0) is 9.53 Å². The predicted molar refractivity (Wildman–Crippen MR) is 94.2 cm³/mol. The summed E-state index contributed by atoms with van der Waals surface area (Å²) in [6, 6.07) is 0. The van der Waals surface area contributed by atoms with Crippen molar-refractivity contribution in [3.8, 4) is 0 Å². The van der Waals surface area contributed by atoms with Crippen molar-refractivity contribution in [2.24, 2.45) is 22.7 Å². The standard InChI is InChI=1S/C21H36O2/c1-3-9-20-10-13-21(14-11-20,15-12-20)18-7-5-17(6-8-18)19(22)23-16-4-2/h17-18H,3-16H2,1-2H3. The molecule has 0 aromatic rings. The first-order valence-corrected chi connectivity index (χ1v) is 10.3. The van der Waals surface area contributed by atoms with E-state index in [2.05, 4.69) is 13.8 Å². The number of hydrogen-bond acceptors (Lipinski definition) is 2. The Morgan fingerprint density at radius 3 is 2.04 bits per heavy atom. The Bertz CT molecular complexity index is 382. The van der Waals surface area contributed by atoms with Gasteiger partial charge in [0.05, 0.1) is 12.5 Å². The van der Waals surface area contributed by atoms with E-state index in [-0.39, 0.29) is 11.9 Å². The van der Waals surface area contributed by atoms with Crippen LogP contribution in [0, 0.1) is 22.7 Å². The highest BCUT2D eigenvalue weighted by Crippen LogP contribution is 2.63. The van der Waals surface area contributed by atoms with E-state index in [4.69, 9.17) is 4.74 Å². The van der Waals surface area contributed by atoms with Crippen LogP contribution in [-0.4, -0.2) is 12.6 Å². The van der Waals surface area contributed by atoms with Gasteiger partial charge in [-0.25, -0.2) is 0 Å². The molecule has 0 amide bonds. The summed E-state index contributed by atoms with van der Waals surface area (Å²) in [7, 11) is 0. The zero-order valence-electron chi connectivity index (χ0n) is 15.4. The lowest BCUT2D eigenvalue weighted by molar-refractivity contribution is -0.151. The van der Waals surface area contributed by atoms with E-state index in [0.717, 1.165) is 30.6 Å². The van der Waals surface area contributed by atoms with Gasteiger partial charge in [-0.1, -0.05) is 20.3 Å². The molecule has 0 aromatic carbocycles. The van der Waals surface area contributed by atoms with Gasteiger partial charge in [-0.05, 0) is 93.8 Å². The number of hydrogen-bond donors (Lipinski definition) is 0. The Labute approximate surface area is 142 Å². The first-order valence-electron chi connectivity index (χ1n) is 10.3. The van der Waals surface area contributed by atoms with Gasteiger partial charge in [0.1, 0.15) is 0 Å². The van der Waals surface area contributed by atoms with Gasteiger partial charge in [0, 0.05) is 0 Å². The summed E-state index contributed by atoms with van der Waals surface area (Å²) < 4.78 is 5.37. The summed E-state index contributed by atoms with van der Waals surface area (Å²) in [5.41, 5.74) is 1.37. The van der Waals surface area contributed by atoms with Gasteiger partial charge < -0.3 is 4.74 Å². The van der Waals surface area contributed by atoms with Gasteiger partial charge in [-0.15, -0.1) is 0 Å². The number of esters is 1. The van der Waals surface area contributed by atoms with Crippen LogP contribution in [0.25, 0.3) is 0 Å². The summed E-state index contributed by atoms with van der Waals surface area (Å²) in [5, 5.41) is 0. The third-order valence-electron chi connectivity index (χ3n) is 7.61. The van der Waals surface area contributed by atoms with Crippen LogP contribution in [0.3, 0.4) is 0 Å². The van der Waals surface area contributed by atoms with E-state index >= 15 is 0 Å². The fourth-order valence-electron chi connectivity index (χ4n) is 6.07. The van der Waals surface area contributed by atoms with Crippen molar-refractivity contribution in [2.75, 3.05) is 6.61 Å². The number of fused-ring (bicyclic) bond motifs is 3. The maximum atomic E-state index is 12.1. The van der Waals surface area contributed by atoms with Crippen LogP contribution in [0.1, 0.15) is 97.3 Å². The quantitative estimate of drug-likeness (QED) is 0.571. The molecule has 4 aliphatic carbocycles. The lowest BCUT2D eigenvalue weighted by atomic mass is 9.48. The molecule has 4 rings (SSSR count). The Kier molecular flexibility index (Phi) is 5.38. The van der Waals surface area contributed by atoms with Crippen LogP contribution in [0.15, 0.2) is 0 Å². The molecule has 4 fully saturated rings. The molecule has 0 unspecified atom stereocenters. The molecule has 0 N–H and O–H groups in total. The lowest BCUT2D eigenvalue weighted by Crippen LogP contribution is -2.46. The monoisotopic (exact) mass is 320 g/mol. The number of carbonyl (C=O) groups is 1. The molecule has 0 spiro atoms. The smallest absolute Gasteiger partial charge is 0.308 e. The minimum Gasteiger partial charge on any atom is -0.465 e. The molecular weight excluding hydrogens is 284 g/mol. The summed E-state index contributed by atoms with van der Waals surface area (Å²) in [5.74, 6) is 1.16. The van der Waals surface area contributed by atoms with Gasteiger partial charge >= 0.3 is 5.97 Å². The molecule has 0 radical (unpaired) electrons. The number of ether oxygens (including phenoxy) is 1. The number of carbonyl (C=O) groups excluding carboxylic acids is 1. The molecule has 23 heavy (non-hydrogen) atoms. The minimum absolute atomic E-state index is 0.0806. The maximum absolute atomic E-state index is 12.1. The average molecular weight is 321 g/mol. The van der Waals surface area contributed by atoms with Gasteiger partial charge in [0.15, 0.2) is 0 Å². The highest BCUT2D eigenvalue weighted by atomic mass is 16.5. The normalized spacial score (nSPS) is 40.1. The van der Waals surface area contributed by atoms with Gasteiger partial charge in [-0.3, -0.25) is 4.79 Å². The van der Waals surface area contributed by atoms with Crippen molar-refractivity contribution >= 4 is 5.97 Å². The Morgan fingerprint density at radius 2 is 1.52 bits per heavy atom. The van der Waals surface area contributed by atoms with Crippen molar-refractivity contribution in [2.45, 2.75) is 97.3 Å².